The lowest BCUT2D eigenvalue weighted by molar-refractivity contribution is 0.764. The van der Waals surface area contributed by atoms with Crippen molar-refractivity contribution in [1.29, 1.82) is 0 Å². The molecule has 0 aliphatic carbocycles. The van der Waals surface area contributed by atoms with Crippen LogP contribution in [0.3, 0.4) is 0 Å². The maximum Gasteiger partial charge on any atom is 0.0484 e. The quantitative estimate of drug-likeness (QED) is 0.252. The molecule has 3 rings (SSSR count). The molecule has 3 aromatic rings. The lowest BCUT2D eigenvalue weighted by atomic mass is 9.97. The second-order valence-electron chi connectivity index (χ2n) is 8.24. The highest BCUT2D eigenvalue weighted by Crippen LogP contribution is 2.47. The van der Waals surface area contributed by atoms with Crippen LogP contribution in [0.1, 0.15) is 73.3 Å². The third-order valence-corrected chi connectivity index (χ3v) is 9.63. The molecule has 31 heavy (non-hydrogen) atoms. The monoisotopic (exact) mass is 474 g/mol. The van der Waals surface area contributed by atoms with Gasteiger partial charge in [-0.1, -0.05) is 26.7 Å². The molecule has 5 heteroatoms. The smallest absolute Gasteiger partial charge is 0.0484 e. The zero-order valence-corrected chi connectivity index (χ0v) is 21.6. The normalized spacial score (nSPS) is 11.5. The summed E-state index contributed by atoms with van der Waals surface area (Å²) < 4.78 is 0. The standard InChI is InChI=1S/C26H38N2S3/c1-3-5-11-21-22(12-6-4-2)26(24-16-14-20(30-24)10-8-18-28)31-25(21)23-15-13-19(29-23)9-7-17-27/h13-16H,3-12,17-18,27-28H2,1-2H3. The topological polar surface area (TPSA) is 52.0 Å². The summed E-state index contributed by atoms with van der Waals surface area (Å²) in [6, 6.07) is 9.35. The van der Waals surface area contributed by atoms with Crippen molar-refractivity contribution >= 4 is 34.0 Å². The van der Waals surface area contributed by atoms with Crippen molar-refractivity contribution in [2.45, 2.75) is 78.1 Å². The van der Waals surface area contributed by atoms with Gasteiger partial charge in [-0.15, -0.1) is 34.0 Å². The Hall–Kier alpha value is -0.980. The zero-order valence-electron chi connectivity index (χ0n) is 19.2. The lowest BCUT2D eigenvalue weighted by Gasteiger charge is -2.08. The van der Waals surface area contributed by atoms with Crippen molar-refractivity contribution in [2.24, 2.45) is 11.5 Å². The Morgan fingerprint density at radius 1 is 0.581 bits per heavy atom. The Kier molecular flexibility index (Phi) is 10.3. The van der Waals surface area contributed by atoms with E-state index in [-0.39, 0.29) is 0 Å². The highest BCUT2D eigenvalue weighted by atomic mass is 32.1. The van der Waals surface area contributed by atoms with E-state index in [1.165, 1.54) is 67.8 Å². The summed E-state index contributed by atoms with van der Waals surface area (Å²) in [5.74, 6) is 0. The number of unbranched alkanes of at least 4 members (excludes halogenated alkanes) is 2. The fraction of sp³-hybridized carbons (Fsp3) is 0.538. The fourth-order valence-electron chi connectivity index (χ4n) is 3.95. The van der Waals surface area contributed by atoms with Crippen LogP contribution < -0.4 is 11.5 Å². The van der Waals surface area contributed by atoms with Crippen molar-refractivity contribution in [2.75, 3.05) is 13.1 Å². The van der Waals surface area contributed by atoms with E-state index < -0.39 is 0 Å². The minimum absolute atomic E-state index is 0.768. The maximum absolute atomic E-state index is 5.74. The molecule has 3 heterocycles. The first kappa shape index (κ1) is 24.7. The van der Waals surface area contributed by atoms with Gasteiger partial charge in [-0.2, -0.15) is 0 Å². The maximum atomic E-state index is 5.74. The Labute approximate surface area is 200 Å². The second kappa shape index (κ2) is 12.9. The van der Waals surface area contributed by atoms with Gasteiger partial charge in [-0.3, -0.25) is 0 Å². The Bertz CT molecular complexity index is 846. The van der Waals surface area contributed by atoms with Crippen LogP contribution in [-0.2, 0) is 25.7 Å². The molecule has 0 aromatic carbocycles. The van der Waals surface area contributed by atoms with Crippen LogP contribution in [-0.4, -0.2) is 13.1 Å². The summed E-state index contributed by atoms with van der Waals surface area (Å²) in [5.41, 5.74) is 14.7. The average molecular weight is 475 g/mol. The van der Waals surface area contributed by atoms with Gasteiger partial charge in [0.15, 0.2) is 0 Å². The van der Waals surface area contributed by atoms with Gasteiger partial charge >= 0.3 is 0 Å². The molecule has 0 aliphatic rings. The predicted octanol–water partition coefficient (Wildman–Crippen LogP) is 7.67. The number of hydrogen-bond donors (Lipinski definition) is 2. The van der Waals surface area contributed by atoms with Gasteiger partial charge in [0, 0.05) is 29.3 Å². The van der Waals surface area contributed by atoms with Crippen LogP contribution in [0.25, 0.3) is 19.5 Å². The molecule has 2 nitrogen and oxygen atoms in total. The Morgan fingerprint density at radius 3 is 1.42 bits per heavy atom. The second-order valence-corrected chi connectivity index (χ2v) is 11.6. The number of thiophene rings is 3. The van der Waals surface area contributed by atoms with Crippen LogP contribution in [0.15, 0.2) is 24.3 Å². The molecule has 0 atom stereocenters. The van der Waals surface area contributed by atoms with E-state index in [1.807, 2.05) is 34.0 Å². The van der Waals surface area contributed by atoms with Crippen LogP contribution in [0.2, 0.25) is 0 Å². The number of rotatable bonds is 14. The molecular weight excluding hydrogens is 437 g/mol. The Morgan fingerprint density at radius 2 is 1.03 bits per heavy atom. The first-order valence-electron chi connectivity index (χ1n) is 11.9. The molecule has 3 aromatic heterocycles. The minimum atomic E-state index is 0.768. The molecule has 0 saturated heterocycles. The van der Waals surface area contributed by atoms with E-state index in [0.717, 1.165) is 38.8 Å². The van der Waals surface area contributed by atoms with Crippen molar-refractivity contribution in [1.82, 2.24) is 0 Å². The SMILES string of the molecule is CCCCc1c(-c2ccc(CCCN)s2)sc(-c2ccc(CCCN)s2)c1CCCC. The largest absolute Gasteiger partial charge is 0.330 e. The fourth-order valence-corrected chi connectivity index (χ4v) is 7.73. The highest BCUT2D eigenvalue weighted by Gasteiger charge is 2.21. The van der Waals surface area contributed by atoms with Crippen LogP contribution in [0.4, 0.5) is 0 Å². The van der Waals surface area contributed by atoms with Crippen LogP contribution in [0.5, 0.6) is 0 Å². The summed E-state index contributed by atoms with van der Waals surface area (Å²) in [7, 11) is 0. The molecule has 0 spiro atoms. The van der Waals surface area contributed by atoms with Crippen molar-refractivity contribution in [3.05, 3.63) is 45.1 Å². The van der Waals surface area contributed by atoms with Gasteiger partial charge < -0.3 is 11.5 Å². The third-order valence-electron chi connectivity index (χ3n) is 5.70. The van der Waals surface area contributed by atoms with Gasteiger partial charge in [0.2, 0.25) is 0 Å². The van der Waals surface area contributed by atoms with Gasteiger partial charge in [-0.05, 0) is 99.8 Å². The third kappa shape index (κ3) is 6.52. The molecule has 0 radical (unpaired) electrons. The summed E-state index contributed by atoms with van der Waals surface area (Å²) >= 11 is 5.99. The molecule has 0 saturated carbocycles. The summed E-state index contributed by atoms with van der Waals surface area (Å²) in [5, 5.41) is 0. The Balaban J connectivity index is 2.02. The number of nitrogens with two attached hydrogens (primary N) is 2. The number of hydrogen-bond acceptors (Lipinski definition) is 5. The molecule has 0 bridgehead atoms. The van der Waals surface area contributed by atoms with Crippen LogP contribution in [0, 0.1) is 0 Å². The molecule has 0 amide bonds. The van der Waals surface area contributed by atoms with Gasteiger partial charge in [0.25, 0.3) is 0 Å². The van der Waals surface area contributed by atoms with Gasteiger partial charge in [-0.25, -0.2) is 0 Å². The van der Waals surface area contributed by atoms with E-state index in [0.29, 0.717) is 0 Å². The van der Waals surface area contributed by atoms with Crippen molar-refractivity contribution in [3.8, 4) is 19.5 Å². The minimum Gasteiger partial charge on any atom is -0.330 e. The molecule has 0 unspecified atom stereocenters. The molecule has 170 valence electrons. The zero-order chi connectivity index (χ0) is 22.1. The van der Waals surface area contributed by atoms with Crippen molar-refractivity contribution < 1.29 is 0 Å². The van der Waals surface area contributed by atoms with Crippen LogP contribution >= 0.6 is 34.0 Å². The summed E-state index contributed by atoms with van der Waals surface area (Å²) in [6.07, 6.45) is 11.7. The predicted molar refractivity (Wildman–Crippen MR) is 143 cm³/mol. The molecular formula is C26H38N2S3. The average Bonchev–Trinajstić information content (AvgIpc) is 3.51. The number of aryl methyl sites for hydroxylation is 2. The van der Waals surface area contributed by atoms with E-state index in [9.17, 15) is 0 Å². The summed E-state index contributed by atoms with van der Waals surface area (Å²) in [6.45, 7) is 6.14. The highest BCUT2D eigenvalue weighted by molar-refractivity contribution is 7.26. The summed E-state index contributed by atoms with van der Waals surface area (Å²) in [4.78, 5) is 8.88. The van der Waals surface area contributed by atoms with E-state index in [4.69, 9.17) is 11.5 Å². The van der Waals surface area contributed by atoms with E-state index in [1.54, 1.807) is 11.1 Å². The van der Waals surface area contributed by atoms with Gasteiger partial charge in [0.1, 0.15) is 0 Å². The van der Waals surface area contributed by atoms with E-state index >= 15 is 0 Å². The molecule has 0 aliphatic heterocycles. The molecule has 4 N–H and O–H groups in total. The van der Waals surface area contributed by atoms with E-state index in [2.05, 4.69) is 38.1 Å². The molecule has 0 fully saturated rings. The van der Waals surface area contributed by atoms with Crippen molar-refractivity contribution in [3.63, 3.8) is 0 Å². The lowest BCUT2D eigenvalue weighted by Crippen LogP contribution is -1.99. The first-order valence-corrected chi connectivity index (χ1v) is 14.4. The van der Waals surface area contributed by atoms with Gasteiger partial charge in [0.05, 0.1) is 0 Å². The first-order chi connectivity index (χ1) is 15.2.